The SMILES string of the molecule is Cc1ccc(C)c2c1C=C[C@H](N(C)c1ccccc1)[C@H]2O. The van der Waals surface area contributed by atoms with Crippen LogP contribution >= 0.6 is 0 Å². The second kappa shape index (κ2) is 5.38. The molecule has 1 N–H and O–H groups in total. The molecule has 0 aliphatic heterocycles. The molecule has 108 valence electrons. The summed E-state index contributed by atoms with van der Waals surface area (Å²) in [7, 11) is 2.03. The molecule has 0 radical (unpaired) electrons. The zero-order valence-electron chi connectivity index (χ0n) is 12.7. The van der Waals surface area contributed by atoms with E-state index in [-0.39, 0.29) is 6.04 Å². The Morgan fingerprint density at radius 2 is 1.62 bits per heavy atom. The van der Waals surface area contributed by atoms with Gasteiger partial charge in [-0.2, -0.15) is 0 Å². The lowest BCUT2D eigenvalue weighted by Gasteiger charge is -2.35. The van der Waals surface area contributed by atoms with Gasteiger partial charge in [0.15, 0.2) is 0 Å². The number of aliphatic hydroxyl groups excluding tert-OH is 1. The van der Waals surface area contributed by atoms with Gasteiger partial charge < -0.3 is 10.0 Å². The summed E-state index contributed by atoms with van der Waals surface area (Å²) in [5, 5.41) is 10.9. The highest BCUT2D eigenvalue weighted by Gasteiger charge is 2.29. The average molecular weight is 279 g/mol. The van der Waals surface area contributed by atoms with Gasteiger partial charge in [0.25, 0.3) is 0 Å². The van der Waals surface area contributed by atoms with Gasteiger partial charge in [-0.25, -0.2) is 0 Å². The summed E-state index contributed by atoms with van der Waals surface area (Å²) < 4.78 is 0. The number of hydrogen-bond donors (Lipinski definition) is 1. The van der Waals surface area contributed by atoms with E-state index in [0.29, 0.717) is 0 Å². The molecule has 2 aromatic rings. The molecule has 0 spiro atoms. The molecule has 1 aliphatic rings. The topological polar surface area (TPSA) is 23.5 Å². The van der Waals surface area contributed by atoms with Crippen molar-refractivity contribution in [1.82, 2.24) is 0 Å². The summed E-state index contributed by atoms with van der Waals surface area (Å²) in [6.07, 6.45) is 3.75. The van der Waals surface area contributed by atoms with E-state index in [4.69, 9.17) is 0 Å². The van der Waals surface area contributed by atoms with Crippen molar-refractivity contribution in [1.29, 1.82) is 0 Å². The highest BCUT2D eigenvalue weighted by molar-refractivity contribution is 5.65. The van der Waals surface area contributed by atoms with Gasteiger partial charge in [0.1, 0.15) is 6.10 Å². The summed E-state index contributed by atoms with van der Waals surface area (Å²) in [4.78, 5) is 2.13. The molecule has 0 amide bonds. The fourth-order valence-corrected chi connectivity index (χ4v) is 3.12. The van der Waals surface area contributed by atoms with E-state index in [1.54, 1.807) is 0 Å². The minimum atomic E-state index is -0.505. The Morgan fingerprint density at radius 1 is 0.952 bits per heavy atom. The second-order valence-electron chi connectivity index (χ2n) is 5.77. The number of aliphatic hydroxyl groups is 1. The van der Waals surface area contributed by atoms with E-state index in [1.165, 1.54) is 11.1 Å². The Kier molecular flexibility index (Phi) is 3.56. The quantitative estimate of drug-likeness (QED) is 0.902. The lowest BCUT2D eigenvalue weighted by atomic mass is 9.85. The first-order valence-corrected chi connectivity index (χ1v) is 7.34. The monoisotopic (exact) mass is 279 g/mol. The summed E-state index contributed by atoms with van der Waals surface area (Å²) >= 11 is 0. The fourth-order valence-electron chi connectivity index (χ4n) is 3.12. The van der Waals surface area contributed by atoms with Crippen molar-refractivity contribution in [3.8, 4) is 0 Å². The highest BCUT2D eigenvalue weighted by Crippen LogP contribution is 2.35. The zero-order chi connectivity index (χ0) is 15.0. The number of para-hydroxylation sites is 1. The van der Waals surface area contributed by atoms with E-state index < -0.39 is 6.10 Å². The molecule has 2 heteroatoms. The lowest BCUT2D eigenvalue weighted by molar-refractivity contribution is 0.158. The molecule has 0 unspecified atom stereocenters. The summed E-state index contributed by atoms with van der Waals surface area (Å²) in [6.45, 7) is 4.16. The first-order chi connectivity index (χ1) is 10.1. The van der Waals surface area contributed by atoms with E-state index >= 15 is 0 Å². The van der Waals surface area contributed by atoms with E-state index in [2.05, 4.69) is 55.2 Å². The van der Waals surface area contributed by atoms with Crippen LogP contribution in [0, 0.1) is 13.8 Å². The molecule has 0 saturated carbocycles. The van der Waals surface area contributed by atoms with Crippen LogP contribution in [-0.4, -0.2) is 18.2 Å². The Labute approximate surface area is 126 Å². The molecule has 0 heterocycles. The number of hydrogen-bond acceptors (Lipinski definition) is 2. The van der Waals surface area contributed by atoms with Crippen LogP contribution in [0.15, 0.2) is 48.5 Å². The fraction of sp³-hybridized carbons (Fsp3) is 0.263. The third-order valence-electron chi connectivity index (χ3n) is 4.41. The number of nitrogens with zero attached hydrogens (tertiary/aromatic N) is 1. The molecular formula is C19H21NO. The van der Waals surface area contributed by atoms with Crippen LogP contribution in [0.1, 0.15) is 28.4 Å². The first-order valence-electron chi connectivity index (χ1n) is 7.34. The standard InChI is InChI=1S/C19H21NO/c1-13-9-10-14(2)18-16(13)11-12-17(19(18)21)20(3)15-7-5-4-6-8-15/h4-12,17,19,21H,1-3H3/t17-,19+/m0/s1. The number of likely N-dealkylation sites (N-methyl/N-ethyl adjacent to an activating group) is 1. The minimum Gasteiger partial charge on any atom is -0.386 e. The van der Waals surface area contributed by atoms with Crippen molar-refractivity contribution in [2.75, 3.05) is 11.9 Å². The highest BCUT2D eigenvalue weighted by atomic mass is 16.3. The number of aryl methyl sites for hydroxylation is 2. The molecular weight excluding hydrogens is 258 g/mol. The van der Waals surface area contributed by atoms with Gasteiger partial charge in [0.05, 0.1) is 6.04 Å². The van der Waals surface area contributed by atoms with Crippen LogP contribution in [0.2, 0.25) is 0 Å². The van der Waals surface area contributed by atoms with Gasteiger partial charge in [-0.05, 0) is 48.2 Å². The van der Waals surface area contributed by atoms with Crippen molar-refractivity contribution >= 4 is 11.8 Å². The maximum absolute atomic E-state index is 10.9. The second-order valence-corrected chi connectivity index (χ2v) is 5.77. The predicted octanol–water partition coefficient (Wildman–Crippen LogP) is 3.87. The number of rotatable bonds is 2. The van der Waals surface area contributed by atoms with Crippen molar-refractivity contribution in [3.05, 3.63) is 70.8 Å². The number of anilines is 1. The maximum Gasteiger partial charge on any atom is 0.104 e. The summed E-state index contributed by atoms with van der Waals surface area (Å²) in [6, 6.07) is 14.4. The van der Waals surface area contributed by atoms with Gasteiger partial charge >= 0.3 is 0 Å². The number of benzene rings is 2. The van der Waals surface area contributed by atoms with E-state index in [0.717, 1.165) is 16.8 Å². The van der Waals surface area contributed by atoms with E-state index in [9.17, 15) is 5.11 Å². The summed E-state index contributed by atoms with van der Waals surface area (Å²) in [5.41, 5.74) is 5.70. The van der Waals surface area contributed by atoms with Gasteiger partial charge in [-0.3, -0.25) is 0 Å². The van der Waals surface area contributed by atoms with Crippen LogP contribution in [0.3, 0.4) is 0 Å². The Hall–Kier alpha value is -2.06. The van der Waals surface area contributed by atoms with Crippen LogP contribution in [0.4, 0.5) is 5.69 Å². The van der Waals surface area contributed by atoms with Crippen molar-refractivity contribution in [3.63, 3.8) is 0 Å². The van der Waals surface area contributed by atoms with Crippen LogP contribution < -0.4 is 4.90 Å². The van der Waals surface area contributed by atoms with Crippen molar-refractivity contribution in [2.24, 2.45) is 0 Å². The van der Waals surface area contributed by atoms with Gasteiger partial charge in [-0.15, -0.1) is 0 Å². The Bertz CT molecular complexity index is 675. The average Bonchev–Trinajstić information content (AvgIpc) is 2.51. The normalized spacial score (nSPS) is 20.2. The number of fused-ring (bicyclic) bond motifs is 1. The Balaban J connectivity index is 2.00. The van der Waals surface area contributed by atoms with Gasteiger partial charge in [0, 0.05) is 12.7 Å². The summed E-state index contributed by atoms with van der Waals surface area (Å²) in [5.74, 6) is 0. The Morgan fingerprint density at radius 3 is 2.33 bits per heavy atom. The molecule has 0 saturated heterocycles. The van der Waals surface area contributed by atoms with Crippen LogP contribution in [0.5, 0.6) is 0 Å². The first kappa shape index (κ1) is 13.9. The maximum atomic E-state index is 10.9. The third-order valence-corrected chi connectivity index (χ3v) is 4.41. The molecule has 21 heavy (non-hydrogen) atoms. The lowest BCUT2D eigenvalue weighted by Crippen LogP contribution is -2.37. The van der Waals surface area contributed by atoms with Crippen molar-refractivity contribution < 1.29 is 5.11 Å². The van der Waals surface area contributed by atoms with Crippen molar-refractivity contribution in [2.45, 2.75) is 26.0 Å². The minimum absolute atomic E-state index is 0.0413. The van der Waals surface area contributed by atoms with Crippen LogP contribution in [0.25, 0.3) is 6.08 Å². The molecule has 0 aromatic heterocycles. The van der Waals surface area contributed by atoms with Gasteiger partial charge in [-0.1, -0.05) is 42.5 Å². The van der Waals surface area contributed by atoms with Crippen LogP contribution in [-0.2, 0) is 0 Å². The molecule has 3 rings (SSSR count). The predicted molar refractivity (Wildman–Crippen MR) is 88.5 cm³/mol. The van der Waals surface area contributed by atoms with Gasteiger partial charge in [0.2, 0.25) is 0 Å². The smallest absolute Gasteiger partial charge is 0.104 e. The molecule has 2 atom stereocenters. The molecule has 0 fully saturated rings. The third kappa shape index (κ3) is 2.36. The zero-order valence-corrected chi connectivity index (χ0v) is 12.7. The molecule has 2 aromatic carbocycles. The van der Waals surface area contributed by atoms with E-state index in [1.807, 2.05) is 25.2 Å². The molecule has 0 bridgehead atoms. The largest absolute Gasteiger partial charge is 0.386 e. The molecule has 2 nitrogen and oxygen atoms in total. The molecule has 1 aliphatic carbocycles.